The van der Waals surface area contributed by atoms with Crippen molar-refractivity contribution in [3.8, 4) is 0 Å². The van der Waals surface area contributed by atoms with Crippen molar-refractivity contribution in [2.75, 3.05) is 24.6 Å². The van der Waals surface area contributed by atoms with Crippen LogP contribution in [0.25, 0.3) is 0 Å². The molecule has 1 saturated heterocycles. The minimum Gasteiger partial charge on any atom is -0.316 e. The molecule has 2 aliphatic rings. The van der Waals surface area contributed by atoms with E-state index in [1.807, 2.05) is 0 Å². The van der Waals surface area contributed by atoms with Crippen molar-refractivity contribution >= 4 is 11.8 Å². The Kier molecular flexibility index (Phi) is 3.98. The first kappa shape index (κ1) is 9.85. The van der Waals surface area contributed by atoms with Crippen molar-refractivity contribution < 1.29 is 0 Å². The zero-order valence-corrected chi connectivity index (χ0v) is 9.24. The third-order valence-electron chi connectivity index (χ3n) is 3.36. The number of rotatable bonds is 5. The molecule has 0 aromatic heterocycles. The molecular formula is C11H21NS. The molecule has 1 aliphatic carbocycles. The molecule has 0 radical (unpaired) electrons. The van der Waals surface area contributed by atoms with Crippen molar-refractivity contribution in [3.05, 3.63) is 0 Å². The Hall–Kier alpha value is 0.310. The number of nitrogens with one attached hydrogen (secondary N) is 1. The second kappa shape index (κ2) is 5.26. The van der Waals surface area contributed by atoms with Crippen molar-refractivity contribution in [1.29, 1.82) is 0 Å². The van der Waals surface area contributed by atoms with E-state index in [9.17, 15) is 0 Å². The summed E-state index contributed by atoms with van der Waals surface area (Å²) in [6.45, 7) is 2.56. The molecule has 13 heavy (non-hydrogen) atoms. The molecule has 0 unspecified atom stereocenters. The molecule has 2 rings (SSSR count). The second-order valence-electron chi connectivity index (χ2n) is 4.54. The van der Waals surface area contributed by atoms with E-state index in [0.29, 0.717) is 0 Å². The summed E-state index contributed by atoms with van der Waals surface area (Å²) in [6, 6.07) is 0. The first-order valence-corrected chi connectivity index (χ1v) is 6.89. The fraction of sp³-hybridized carbons (Fsp3) is 1.00. The van der Waals surface area contributed by atoms with Gasteiger partial charge in [-0.15, -0.1) is 0 Å². The maximum atomic E-state index is 3.33. The molecule has 2 heteroatoms. The number of thioether (sulfide) groups is 1. The molecule has 0 aromatic carbocycles. The van der Waals surface area contributed by atoms with Crippen LogP contribution in [0.3, 0.4) is 0 Å². The summed E-state index contributed by atoms with van der Waals surface area (Å²) in [7, 11) is 0. The average molecular weight is 199 g/mol. The average Bonchev–Trinajstić information content (AvgIpc) is 2.53. The predicted octanol–water partition coefficient (Wildman–Crippen LogP) is 2.52. The molecule has 1 saturated carbocycles. The van der Waals surface area contributed by atoms with Crippen molar-refractivity contribution in [2.24, 2.45) is 11.8 Å². The largest absolute Gasteiger partial charge is 0.316 e. The van der Waals surface area contributed by atoms with E-state index in [4.69, 9.17) is 0 Å². The minimum absolute atomic E-state index is 1.01. The third-order valence-corrected chi connectivity index (χ3v) is 4.60. The Morgan fingerprint density at radius 1 is 1.08 bits per heavy atom. The van der Waals surface area contributed by atoms with Crippen LogP contribution < -0.4 is 5.32 Å². The molecular weight excluding hydrogens is 178 g/mol. The van der Waals surface area contributed by atoms with Crippen LogP contribution in [0, 0.1) is 11.8 Å². The summed E-state index contributed by atoms with van der Waals surface area (Å²) in [4.78, 5) is 0. The Labute approximate surface area is 86.0 Å². The lowest BCUT2D eigenvalue weighted by molar-refractivity contribution is 0.341. The molecule has 0 spiro atoms. The van der Waals surface area contributed by atoms with E-state index < -0.39 is 0 Å². The van der Waals surface area contributed by atoms with Gasteiger partial charge in [0.2, 0.25) is 0 Å². The van der Waals surface area contributed by atoms with Gasteiger partial charge >= 0.3 is 0 Å². The highest BCUT2D eigenvalue weighted by atomic mass is 32.2. The first-order chi connectivity index (χ1) is 6.45. The third kappa shape index (κ3) is 3.17. The van der Waals surface area contributed by atoms with Gasteiger partial charge in [-0.05, 0) is 55.7 Å². The highest BCUT2D eigenvalue weighted by Gasteiger charge is 2.17. The van der Waals surface area contributed by atoms with Crippen molar-refractivity contribution in [1.82, 2.24) is 5.32 Å². The summed E-state index contributed by atoms with van der Waals surface area (Å²) in [6.07, 6.45) is 7.47. The maximum Gasteiger partial charge on any atom is -0.000796 e. The quantitative estimate of drug-likeness (QED) is 0.683. The fourth-order valence-electron chi connectivity index (χ4n) is 2.23. The minimum atomic E-state index is 1.01. The molecule has 0 aromatic rings. The molecule has 1 N–H and O–H groups in total. The Morgan fingerprint density at radius 2 is 1.85 bits per heavy atom. The van der Waals surface area contributed by atoms with Gasteiger partial charge in [0.1, 0.15) is 0 Å². The van der Waals surface area contributed by atoms with Gasteiger partial charge in [0.15, 0.2) is 0 Å². The van der Waals surface area contributed by atoms with E-state index in [0.717, 1.165) is 11.8 Å². The fourth-order valence-corrected chi connectivity index (χ4v) is 3.56. The lowest BCUT2D eigenvalue weighted by Crippen LogP contribution is -2.42. The van der Waals surface area contributed by atoms with Crippen molar-refractivity contribution in [2.45, 2.75) is 32.1 Å². The van der Waals surface area contributed by atoms with Gasteiger partial charge in [0, 0.05) is 0 Å². The summed E-state index contributed by atoms with van der Waals surface area (Å²) >= 11 is 2.20. The van der Waals surface area contributed by atoms with E-state index in [1.165, 1.54) is 56.7 Å². The Balaban J connectivity index is 1.43. The van der Waals surface area contributed by atoms with E-state index in [-0.39, 0.29) is 0 Å². The SMILES string of the molecule is C1CCC(CSCCC2CNC2)C1. The molecule has 1 heterocycles. The molecule has 1 aliphatic heterocycles. The van der Waals surface area contributed by atoms with Gasteiger partial charge in [-0.3, -0.25) is 0 Å². The number of hydrogen-bond donors (Lipinski definition) is 1. The molecule has 0 atom stereocenters. The predicted molar refractivity (Wildman–Crippen MR) is 60.3 cm³/mol. The van der Waals surface area contributed by atoms with E-state index in [2.05, 4.69) is 17.1 Å². The normalized spacial score (nSPS) is 24.9. The van der Waals surface area contributed by atoms with E-state index in [1.54, 1.807) is 0 Å². The van der Waals surface area contributed by atoms with Crippen LogP contribution in [0.2, 0.25) is 0 Å². The summed E-state index contributed by atoms with van der Waals surface area (Å²) < 4.78 is 0. The van der Waals surface area contributed by atoms with Gasteiger partial charge in [-0.1, -0.05) is 12.8 Å². The van der Waals surface area contributed by atoms with Gasteiger partial charge < -0.3 is 5.32 Å². The van der Waals surface area contributed by atoms with Gasteiger partial charge in [-0.2, -0.15) is 11.8 Å². The molecule has 76 valence electrons. The Bertz CT molecular complexity index is 139. The van der Waals surface area contributed by atoms with E-state index >= 15 is 0 Å². The van der Waals surface area contributed by atoms with Crippen LogP contribution in [0.1, 0.15) is 32.1 Å². The lowest BCUT2D eigenvalue weighted by atomic mass is 10.0. The topological polar surface area (TPSA) is 12.0 Å². The van der Waals surface area contributed by atoms with Crippen LogP contribution in [-0.4, -0.2) is 24.6 Å². The highest BCUT2D eigenvalue weighted by Crippen LogP contribution is 2.28. The zero-order valence-electron chi connectivity index (χ0n) is 8.43. The highest BCUT2D eigenvalue weighted by molar-refractivity contribution is 7.99. The molecule has 1 nitrogen and oxygen atoms in total. The molecule has 0 amide bonds. The van der Waals surface area contributed by atoms with Gasteiger partial charge in [-0.25, -0.2) is 0 Å². The monoisotopic (exact) mass is 199 g/mol. The summed E-state index contributed by atoms with van der Waals surface area (Å²) in [5.41, 5.74) is 0. The molecule has 0 bridgehead atoms. The molecule has 2 fully saturated rings. The van der Waals surface area contributed by atoms with Crippen molar-refractivity contribution in [3.63, 3.8) is 0 Å². The Morgan fingerprint density at radius 3 is 2.46 bits per heavy atom. The van der Waals surface area contributed by atoms with Crippen LogP contribution in [-0.2, 0) is 0 Å². The summed E-state index contributed by atoms with van der Waals surface area (Å²) in [5, 5.41) is 3.33. The maximum absolute atomic E-state index is 3.33. The number of hydrogen-bond acceptors (Lipinski definition) is 2. The lowest BCUT2D eigenvalue weighted by Gasteiger charge is -2.26. The van der Waals surface area contributed by atoms with Crippen LogP contribution >= 0.6 is 11.8 Å². The van der Waals surface area contributed by atoms with Crippen LogP contribution in [0.4, 0.5) is 0 Å². The summed E-state index contributed by atoms with van der Waals surface area (Å²) in [5.74, 6) is 4.93. The standard InChI is InChI=1S/C11H21NS/c1-2-4-10(3-1)9-13-6-5-11-7-12-8-11/h10-12H,1-9H2. The first-order valence-electron chi connectivity index (χ1n) is 5.73. The van der Waals surface area contributed by atoms with Gasteiger partial charge in [0.25, 0.3) is 0 Å². The smallest absolute Gasteiger partial charge is 0.000796 e. The zero-order chi connectivity index (χ0) is 8.93. The second-order valence-corrected chi connectivity index (χ2v) is 5.69. The van der Waals surface area contributed by atoms with Crippen LogP contribution in [0.5, 0.6) is 0 Å². The van der Waals surface area contributed by atoms with Crippen LogP contribution in [0.15, 0.2) is 0 Å². The van der Waals surface area contributed by atoms with Gasteiger partial charge in [0.05, 0.1) is 0 Å².